The molecule has 6 heteroatoms. The van der Waals surface area contributed by atoms with Gasteiger partial charge in [0.25, 0.3) is 0 Å². The second-order valence-electron chi connectivity index (χ2n) is 5.70. The Bertz CT molecular complexity index is 766. The van der Waals surface area contributed by atoms with E-state index in [0.29, 0.717) is 35.6 Å². The van der Waals surface area contributed by atoms with Crippen LogP contribution in [0.4, 0.5) is 0 Å². The fraction of sp³-hybridized carbons (Fsp3) is 0.333. The van der Waals surface area contributed by atoms with E-state index in [0.717, 1.165) is 5.56 Å². The van der Waals surface area contributed by atoms with Gasteiger partial charge in [-0.05, 0) is 31.0 Å². The molecule has 0 aromatic heterocycles. The lowest BCUT2D eigenvalue weighted by Crippen LogP contribution is -2.31. The SMILES string of the molecule is CCOC(=O)C1=C(N)OC2=C(C(=O)CCC2)C1c1cccc(Cl)c1. The summed E-state index contributed by atoms with van der Waals surface area (Å²) in [6, 6.07) is 7.07. The number of ether oxygens (including phenoxy) is 2. The number of benzene rings is 1. The van der Waals surface area contributed by atoms with Gasteiger partial charge in [-0.25, -0.2) is 4.79 Å². The number of Topliss-reactive ketones (excluding diaryl/α,β-unsaturated/α-hetero) is 1. The predicted octanol–water partition coefficient (Wildman–Crippen LogP) is 3.19. The third-order valence-corrected chi connectivity index (χ3v) is 4.40. The number of rotatable bonds is 3. The molecule has 24 heavy (non-hydrogen) atoms. The molecule has 0 radical (unpaired) electrons. The van der Waals surface area contributed by atoms with E-state index in [1.807, 2.05) is 6.07 Å². The average molecular weight is 348 g/mol. The van der Waals surface area contributed by atoms with Crippen LogP contribution in [0, 0.1) is 0 Å². The maximum absolute atomic E-state index is 12.5. The van der Waals surface area contributed by atoms with E-state index in [1.165, 1.54) is 0 Å². The van der Waals surface area contributed by atoms with E-state index in [4.69, 9.17) is 26.8 Å². The Hall–Kier alpha value is -2.27. The number of esters is 1. The quantitative estimate of drug-likeness (QED) is 0.849. The number of ketones is 1. The lowest BCUT2D eigenvalue weighted by atomic mass is 9.77. The van der Waals surface area contributed by atoms with Crippen molar-refractivity contribution in [1.82, 2.24) is 0 Å². The van der Waals surface area contributed by atoms with Crippen molar-refractivity contribution in [3.05, 3.63) is 57.6 Å². The summed E-state index contributed by atoms with van der Waals surface area (Å²) in [5, 5.41) is 0.520. The van der Waals surface area contributed by atoms with E-state index in [1.54, 1.807) is 25.1 Å². The van der Waals surface area contributed by atoms with Crippen molar-refractivity contribution in [1.29, 1.82) is 0 Å². The van der Waals surface area contributed by atoms with E-state index in [9.17, 15) is 9.59 Å². The molecule has 0 amide bonds. The highest BCUT2D eigenvalue weighted by Gasteiger charge is 2.41. The van der Waals surface area contributed by atoms with Crippen LogP contribution >= 0.6 is 11.6 Å². The molecule has 0 saturated heterocycles. The Morgan fingerprint density at radius 2 is 2.21 bits per heavy atom. The van der Waals surface area contributed by atoms with Gasteiger partial charge in [-0.1, -0.05) is 23.7 Å². The standard InChI is InChI=1S/C18H18ClNO4/c1-2-23-18(22)16-14(10-5-3-6-11(19)9-10)15-12(21)7-4-8-13(15)24-17(16)20/h3,5-6,9,14H,2,4,7-8,20H2,1H3. The van der Waals surface area contributed by atoms with Crippen LogP contribution in [0.15, 0.2) is 47.1 Å². The molecule has 1 atom stereocenters. The molecular formula is C18H18ClNO4. The first-order chi connectivity index (χ1) is 11.5. The first-order valence-corrected chi connectivity index (χ1v) is 8.27. The van der Waals surface area contributed by atoms with Crippen LogP contribution in [0.25, 0.3) is 0 Å². The third-order valence-electron chi connectivity index (χ3n) is 4.16. The van der Waals surface area contributed by atoms with Gasteiger partial charge in [0.15, 0.2) is 5.78 Å². The summed E-state index contributed by atoms with van der Waals surface area (Å²) in [5.41, 5.74) is 7.38. The predicted molar refractivity (Wildman–Crippen MR) is 89.0 cm³/mol. The monoisotopic (exact) mass is 347 g/mol. The minimum absolute atomic E-state index is 0.00752. The molecule has 0 fully saturated rings. The van der Waals surface area contributed by atoms with Gasteiger partial charge in [0, 0.05) is 23.4 Å². The highest BCUT2D eigenvalue weighted by molar-refractivity contribution is 6.30. The third kappa shape index (κ3) is 2.91. The fourth-order valence-electron chi connectivity index (χ4n) is 3.18. The highest BCUT2D eigenvalue weighted by atomic mass is 35.5. The molecule has 1 unspecified atom stereocenters. The van der Waals surface area contributed by atoms with Crippen molar-refractivity contribution in [3.63, 3.8) is 0 Å². The lowest BCUT2D eigenvalue weighted by Gasteiger charge is -2.32. The van der Waals surface area contributed by atoms with Crippen molar-refractivity contribution < 1.29 is 19.1 Å². The van der Waals surface area contributed by atoms with Gasteiger partial charge in [0.1, 0.15) is 11.3 Å². The first-order valence-electron chi connectivity index (χ1n) is 7.89. The largest absolute Gasteiger partial charge is 0.462 e. The summed E-state index contributed by atoms with van der Waals surface area (Å²) < 4.78 is 10.7. The summed E-state index contributed by atoms with van der Waals surface area (Å²) >= 11 is 6.10. The Balaban J connectivity index is 2.17. The van der Waals surface area contributed by atoms with Crippen LogP contribution in [0.1, 0.15) is 37.7 Å². The molecule has 2 N–H and O–H groups in total. The first kappa shape index (κ1) is 16.6. The maximum atomic E-state index is 12.5. The highest BCUT2D eigenvalue weighted by Crippen LogP contribution is 2.44. The number of hydrogen-bond donors (Lipinski definition) is 1. The zero-order valence-corrected chi connectivity index (χ0v) is 14.1. The Labute approximate surface area is 145 Å². The molecule has 1 aromatic rings. The minimum Gasteiger partial charge on any atom is -0.462 e. The van der Waals surface area contributed by atoms with Crippen LogP contribution < -0.4 is 5.73 Å². The number of carbonyl (C=O) groups excluding carboxylic acids is 2. The van der Waals surface area contributed by atoms with E-state index >= 15 is 0 Å². The van der Waals surface area contributed by atoms with Crippen molar-refractivity contribution in [3.8, 4) is 0 Å². The van der Waals surface area contributed by atoms with Gasteiger partial charge in [0.2, 0.25) is 5.88 Å². The van der Waals surface area contributed by atoms with Gasteiger partial charge >= 0.3 is 5.97 Å². The van der Waals surface area contributed by atoms with Crippen molar-refractivity contribution in [2.75, 3.05) is 6.61 Å². The second kappa shape index (κ2) is 6.69. The zero-order chi connectivity index (χ0) is 17.3. The van der Waals surface area contributed by atoms with Crippen LogP contribution in [0.5, 0.6) is 0 Å². The molecule has 0 spiro atoms. The van der Waals surface area contributed by atoms with Gasteiger partial charge in [-0.15, -0.1) is 0 Å². The van der Waals surface area contributed by atoms with E-state index in [2.05, 4.69) is 0 Å². The Kier molecular flexibility index (Phi) is 4.62. The number of hydrogen-bond acceptors (Lipinski definition) is 5. The van der Waals surface area contributed by atoms with Gasteiger partial charge in [0.05, 0.1) is 12.5 Å². The van der Waals surface area contributed by atoms with Crippen molar-refractivity contribution >= 4 is 23.4 Å². The lowest BCUT2D eigenvalue weighted by molar-refractivity contribution is -0.139. The molecule has 126 valence electrons. The number of carbonyl (C=O) groups is 2. The summed E-state index contributed by atoms with van der Waals surface area (Å²) in [7, 11) is 0. The molecule has 0 saturated carbocycles. The summed E-state index contributed by atoms with van der Waals surface area (Å²) in [4.78, 5) is 25.0. The van der Waals surface area contributed by atoms with Crippen LogP contribution in [0.2, 0.25) is 5.02 Å². The van der Waals surface area contributed by atoms with E-state index < -0.39 is 11.9 Å². The van der Waals surface area contributed by atoms with Crippen molar-refractivity contribution in [2.45, 2.75) is 32.1 Å². The molecule has 5 nitrogen and oxygen atoms in total. The maximum Gasteiger partial charge on any atom is 0.340 e. The topological polar surface area (TPSA) is 78.6 Å². The van der Waals surface area contributed by atoms with Gasteiger partial charge in [-0.3, -0.25) is 4.79 Å². The van der Waals surface area contributed by atoms with Crippen LogP contribution in [-0.4, -0.2) is 18.4 Å². The molecule has 0 bridgehead atoms. The molecule has 1 aliphatic carbocycles. The zero-order valence-electron chi connectivity index (χ0n) is 13.3. The molecule has 3 rings (SSSR count). The smallest absolute Gasteiger partial charge is 0.340 e. The minimum atomic E-state index is -0.612. The second-order valence-corrected chi connectivity index (χ2v) is 6.14. The summed E-state index contributed by atoms with van der Waals surface area (Å²) in [5.74, 6) is -0.687. The Morgan fingerprint density at radius 3 is 2.92 bits per heavy atom. The van der Waals surface area contributed by atoms with Crippen LogP contribution in [0.3, 0.4) is 0 Å². The van der Waals surface area contributed by atoms with Crippen molar-refractivity contribution in [2.24, 2.45) is 5.73 Å². The fourth-order valence-corrected chi connectivity index (χ4v) is 3.38. The number of halogens is 1. The molecule has 1 heterocycles. The Morgan fingerprint density at radius 1 is 1.42 bits per heavy atom. The molecule has 1 aromatic carbocycles. The summed E-state index contributed by atoms with van der Waals surface area (Å²) in [6.07, 6.45) is 1.76. The van der Waals surface area contributed by atoms with Crippen LogP contribution in [-0.2, 0) is 19.1 Å². The summed E-state index contributed by atoms with van der Waals surface area (Å²) in [6.45, 7) is 1.92. The number of nitrogens with two attached hydrogens (primary N) is 1. The normalized spacial score (nSPS) is 20.6. The number of allylic oxidation sites excluding steroid dienone is 2. The molecule has 2 aliphatic rings. The van der Waals surface area contributed by atoms with Gasteiger partial charge < -0.3 is 15.2 Å². The molecule has 1 aliphatic heterocycles. The molecular weight excluding hydrogens is 330 g/mol. The van der Waals surface area contributed by atoms with Gasteiger partial charge in [-0.2, -0.15) is 0 Å². The average Bonchev–Trinajstić information content (AvgIpc) is 2.54. The van der Waals surface area contributed by atoms with E-state index in [-0.39, 0.29) is 23.8 Å².